The van der Waals surface area contributed by atoms with E-state index in [1.807, 2.05) is 6.07 Å². The molecule has 1 aliphatic heterocycles. The van der Waals surface area contributed by atoms with E-state index in [0.717, 1.165) is 18.2 Å². The second-order valence-corrected chi connectivity index (χ2v) is 6.17. The molecule has 1 aromatic rings. The Labute approximate surface area is 111 Å². The zero-order valence-electron chi connectivity index (χ0n) is 12.0. The van der Waals surface area contributed by atoms with Gasteiger partial charge in [0.2, 0.25) is 0 Å². The third-order valence-corrected chi connectivity index (χ3v) is 3.60. The first kappa shape index (κ1) is 13.4. The number of hydrogen-bond acceptors (Lipinski definition) is 2. The fraction of sp³-hybridized carbons (Fsp3) is 0.625. The Balaban J connectivity index is 1.98. The normalized spacial score (nSPS) is 20.8. The quantitative estimate of drug-likeness (QED) is 0.796. The number of ether oxygens (including phenoxy) is 1. The molecule has 100 valence electrons. The van der Waals surface area contributed by atoms with E-state index in [2.05, 4.69) is 51.2 Å². The molecular formula is C16H25NO. The summed E-state index contributed by atoms with van der Waals surface area (Å²) < 4.78 is 6.02. The molecule has 1 atom stereocenters. The van der Waals surface area contributed by atoms with E-state index < -0.39 is 0 Å². The fourth-order valence-electron chi connectivity index (χ4n) is 2.64. The minimum Gasteiger partial charge on any atom is -0.486 e. The van der Waals surface area contributed by atoms with Crippen LogP contribution in [0.25, 0.3) is 0 Å². The highest BCUT2D eigenvalue weighted by Crippen LogP contribution is 2.42. The molecule has 1 aliphatic rings. The number of fused-ring (bicyclic) bond motifs is 1. The summed E-state index contributed by atoms with van der Waals surface area (Å²) in [6.07, 6.45) is 2.51. The molecule has 2 heteroatoms. The Morgan fingerprint density at radius 2 is 2.00 bits per heavy atom. The van der Waals surface area contributed by atoms with Gasteiger partial charge >= 0.3 is 0 Å². The molecule has 2 nitrogen and oxygen atoms in total. The van der Waals surface area contributed by atoms with Gasteiger partial charge in [0, 0.05) is 5.56 Å². The van der Waals surface area contributed by atoms with Crippen molar-refractivity contribution in [3.63, 3.8) is 0 Å². The molecule has 0 saturated heterocycles. The lowest BCUT2D eigenvalue weighted by Gasteiger charge is -2.27. The number of benzene rings is 1. The first-order valence-corrected chi connectivity index (χ1v) is 7.02. The van der Waals surface area contributed by atoms with E-state index in [4.69, 9.17) is 4.74 Å². The van der Waals surface area contributed by atoms with Crippen LogP contribution in [-0.2, 0) is 0 Å². The Hall–Kier alpha value is -1.02. The van der Waals surface area contributed by atoms with E-state index in [0.29, 0.717) is 6.04 Å². The van der Waals surface area contributed by atoms with Crippen molar-refractivity contribution in [3.8, 4) is 5.75 Å². The van der Waals surface area contributed by atoms with E-state index in [9.17, 15) is 0 Å². The summed E-state index contributed by atoms with van der Waals surface area (Å²) in [5.74, 6) is 1.82. The van der Waals surface area contributed by atoms with Gasteiger partial charge in [-0.05, 0) is 45.2 Å². The number of nitrogens with one attached hydrogen (secondary N) is 1. The summed E-state index contributed by atoms with van der Waals surface area (Å²) in [7, 11) is 0. The molecule has 1 N–H and O–H groups in total. The maximum Gasteiger partial charge on any atom is 0.125 e. The minimum atomic E-state index is -0.151. The molecule has 1 heterocycles. The van der Waals surface area contributed by atoms with Gasteiger partial charge in [-0.1, -0.05) is 32.0 Å². The van der Waals surface area contributed by atoms with Crippen molar-refractivity contribution in [1.29, 1.82) is 0 Å². The smallest absolute Gasteiger partial charge is 0.125 e. The first-order valence-electron chi connectivity index (χ1n) is 7.02. The fourth-order valence-corrected chi connectivity index (χ4v) is 2.64. The van der Waals surface area contributed by atoms with Gasteiger partial charge in [0.25, 0.3) is 0 Å². The predicted octanol–water partition coefficient (Wildman–Crippen LogP) is 3.92. The molecule has 0 radical (unpaired) electrons. The Morgan fingerprint density at radius 3 is 2.72 bits per heavy atom. The maximum atomic E-state index is 6.02. The van der Waals surface area contributed by atoms with E-state index in [1.54, 1.807) is 0 Å². The van der Waals surface area contributed by atoms with Crippen LogP contribution in [0.15, 0.2) is 24.3 Å². The zero-order chi connectivity index (χ0) is 13.2. The molecule has 0 aliphatic carbocycles. The lowest BCUT2D eigenvalue weighted by Crippen LogP contribution is -2.39. The van der Waals surface area contributed by atoms with E-state index in [1.165, 1.54) is 18.4 Å². The molecule has 0 spiro atoms. The highest BCUT2D eigenvalue weighted by atomic mass is 16.5. The van der Waals surface area contributed by atoms with Crippen molar-refractivity contribution >= 4 is 0 Å². The summed E-state index contributed by atoms with van der Waals surface area (Å²) >= 11 is 0. The van der Waals surface area contributed by atoms with Crippen molar-refractivity contribution in [2.24, 2.45) is 5.92 Å². The Bertz CT molecular complexity index is 398. The van der Waals surface area contributed by atoms with Crippen LogP contribution in [0.3, 0.4) is 0 Å². The van der Waals surface area contributed by atoms with E-state index >= 15 is 0 Å². The third-order valence-electron chi connectivity index (χ3n) is 3.60. The second kappa shape index (κ2) is 5.31. The number of para-hydroxylation sites is 1. The van der Waals surface area contributed by atoms with Gasteiger partial charge in [0.1, 0.15) is 11.4 Å². The molecule has 0 amide bonds. The van der Waals surface area contributed by atoms with Crippen LogP contribution in [0.4, 0.5) is 0 Å². The summed E-state index contributed by atoms with van der Waals surface area (Å²) in [5.41, 5.74) is 1.15. The molecular weight excluding hydrogens is 222 g/mol. The zero-order valence-corrected chi connectivity index (χ0v) is 12.0. The van der Waals surface area contributed by atoms with Crippen LogP contribution < -0.4 is 10.1 Å². The Kier molecular flexibility index (Phi) is 3.96. The van der Waals surface area contributed by atoms with Gasteiger partial charge in [0.15, 0.2) is 0 Å². The summed E-state index contributed by atoms with van der Waals surface area (Å²) in [4.78, 5) is 0. The van der Waals surface area contributed by atoms with Gasteiger partial charge in [0.05, 0.1) is 6.04 Å². The van der Waals surface area contributed by atoms with Gasteiger partial charge < -0.3 is 10.1 Å². The van der Waals surface area contributed by atoms with Crippen LogP contribution in [-0.4, -0.2) is 12.1 Å². The monoisotopic (exact) mass is 247 g/mol. The van der Waals surface area contributed by atoms with Crippen LogP contribution in [0.2, 0.25) is 0 Å². The van der Waals surface area contributed by atoms with Gasteiger partial charge in [-0.2, -0.15) is 0 Å². The average Bonchev–Trinajstić information content (AvgIpc) is 2.54. The SMILES string of the molecule is CC(C)CCCNC1c2ccccc2OC1(C)C. The highest BCUT2D eigenvalue weighted by molar-refractivity contribution is 5.42. The Morgan fingerprint density at radius 1 is 1.28 bits per heavy atom. The lowest BCUT2D eigenvalue weighted by molar-refractivity contribution is 0.0963. The van der Waals surface area contributed by atoms with E-state index in [-0.39, 0.29) is 5.60 Å². The second-order valence-electron chi connectivity index (χ2n) is 6.17. The van der Waals surface area contributed by atoms with Crippen LogP contribution >= 0.6 is 0 Å². The summed E-state index contributed by atoms with van der Waals surface area (Å²) in [6, 6.07) is 8.67. The molecule has 0 bridgehead atoms. The topological polar surface area (TPSA) is 21.3 Å². The van der Waals surface area contributed by atoms with Crippen LogP contribution in [0.5, 0.6) is 5.75 Å². The number of rotatable bonds is 5. The first-order chi connectivity index (χ1) is 8.50. The summed E-state index contributed by atoms with van der Waals surface area (Å²) in [5, 5.41) is 3.66. The molecule has 2 rings (SSSR count). The molecule has 0 aromatic heterocycles. The molecule has 1 aromatic carbocycles. The summed E-state index contributed by atoms with van der Waals surface area (Å²) in [6.45, 7) is 9.93. The van der Waals surface area contributed by atoms with Gasteiger partial charge in [-0.3, -0.25) is 0 Å². The van der Waals surface area contributed by atoms with Gasteiger partial charge in [-0.25, -0.2) is 0 Å². The van der Waals surface area contributed by atoms with Crippen LogP contribution in [0.1, 0.15) is 52.1 Å². The third kappa shape index (κ3) is 2.86. The van der Waals surface area contributed by atoms with Crippen molar-refractivity contribution in [3.05, 3.63) is 29.8 Å². The molecule has 0 saturated carbocycles. The van der Waals surface area contributed by atoms with Gasteiger partial charge in [-0.15, -0.1) is 0 Å². The highest BCUT2D eigenvalue weighted by Gasteiger charge is 2.40. The standard InChI is InChI=1S/C16H25NO/c1-12(2)8-7-11-17-15-13-9-5-6-10-14(13)18-16(15,3)4/h5-6,9-10,12,15,17H,7-8,11H2,1-4H3. The van der Waals surface area contributed by atoms with Crippen LogP contribution in [0, 0.1) is 5.92 Å². The van der Waals surface area contributed by atoms with Crippen molar-refractivity contribution in [2.45, 2.75) is 52.2 Å². The van der Waals surface area contributed by atoms with Crippen molar-refractivity contribution in [2.75, 3.05) is 6.54 Å². The van der Waals surface area contributed by atoms with Crippen molar-refractivity contribution < 1.29 is 4.74 Å². The number of hydrogen-bond donors (Lipinski definition) is 1. The molecule has 18 heavy (non-hydrogen) atoms. The molecule has 0 fully saturated rings. The largest absolute Gasteiger partial charge is 0.486 e. The average molecular weight is 247 g/mol. The maximum absolute atomic E-state index is 6.02. The predicted molar refractivity (Wildman–Crippen MR) is 76.0 cm³/mol. The molecule has 1 unspecified atom stereocenters. The van der Waals surface area contributed by atoms with Crippen molar-refractivity contribution in [1.82, 2.24) is 5.32 Å². The minimum absolute atomic E-state index is 0.151. The lowest BCUT2D eigenvalue weighted by atomic mass is 9.94.